The molecule has 2 aliphatic rings. The lowest BCUT2D eigenvalue weighted by Crippen LogP contribution is -2.58. The van der Waals surface area contributed by atoms with Crippen LogP contribution in [0.3, 0.4) is 0 Å². The third-order valence-electron chi connectivity index (χ3n) is 8.52. The molecule has 0 spiro atoms. The summed E-state index contributed by atoms with van der Waals surface area (Å²) in [4.78, 5) is 12.2. The lowest BCUT2D eigenvalue weighted by atomic mass is 9.97. The SMILES string of the molecule is CCCC(=O)OC[C@H]1O[C@@H](S[C@@H]2O[C@H](CO)[C@H](O)[C@H](n3cc(-c4cccc(F)c4)nn3)[C@H]2O)[C@H](O)[C@@H](n2cc(-c3cccc(F)c3)nn2)[C@H]1O. The normalized spacial score (nSPS) is 29.9. The van der Waals surface area contributed by atoms with E-state index in [0.717, 1.165) is 11.8 Å². The van der Waals surface area contributed by atoms with E-state index in [-0.39, 0.29) is 24.4 Å². The molecule has 268 valence electrons. The van der Waals surface area contributed by atoms with Gasteiger partial charge in [0, 0.05) is 17.5 Å². The first-order valence-corrected chi connectivity index (χ1v) is 16.8. The Hall–Kier alpha value is -3.88. The van der Waals surface area contributed by atoms with Gasteiger partial charge in [-0.05, 0) is 30.7 Å². The average Bonchev–Trinajstić information content (AvgIpc) is 3.78. The molecule has 50 heavy (non-hydrogen) atoms. The molecule has 0 radical (unpaired) electrons. The quantitative estimate of drug-likeness (QED) is 0.138. The number of hydrogen-bond acceptors (Lipinski definition) is 14. The molecule has 0 bridgehead atoms. The predicted octanol–water partition coefficient (Wildman–Crippen LogP) is 1.23. The highest BCUT2D eigenvalue weighted by atomic mass is 32.2. The monoisotopic (exact) mass is 718 g/mol. The molecule has 4 aromatic rings. The maximum absolute atomic E-state index is 13.9. The molecule has 2 aliphatic heterocycles. The number of nitrogens with zero attached hydrogens (tertiary/aromatic N) is 6. The largest absolute Gasteiger partial charge is 0.463 e. The van der Waals surface area contributed by atoms with Crippen LogP contribution in [0, 0.1) is 11.6 Å². The molecular weight excluding hydrogens is 682 g/mol. The molecular formula is C32H36F2N6O9S. The highest BCUT2D eigenvalue weighted by Gasteiger charge is 2.52. The highest BCUT2D eigenvalue weighted by molar-refractivity contribution is 8.00. The minimum Gasteiger partial charge on any atom is -0.463 e. The number of benzene rings is 2. The molecule has 5 N–H and O–H groups in total. The summed E-state index contributed by atoms with van der Waals surface area (Å²) in [5.41, 5.74) is -1.22. The maximum Gasteiger partial charge on any atom is 0.305 e. The van der Waals surface area contributed by atoms with Gasteiger partial charge in [-0.3, -0.25) is 4.79 Å². The van der Waals surface area contributed by atoms with Gasteiger partial charge >= 0.3 is 5.97 Å². The number of thioether (sulfide) groups is 1. The van der Waals surface area contributed by atoms with E-state index in [1.807, 2.05) is 0 Å². The third kappa shape index (κ3) is 7.57. The number of carbonyl (C=O) groups excluding carboxylic acids is 1. The Labute approximate surface area is 288 Å². The average molecular weight is 719 g/mol. The zero-order chi connectivity index (χ0) is 35.5. The summed E-state index contributed by atoms with van der Waals surface area (Å²) in [5, 5.41) is 72.0. The molecule has 2 saturated heterocycles. The molecule has 0 unspecified atom stereocenters. The zero-order valence-corrected chi connectivity index (χ0v) is 27.4. The standard InChI is InChI=1S/C32H36F2N6O9S/c1-2-5-24(42)47-15-23-28(44)26(40-13-21(36-38-40)17-7-4-9-19(34)11-17)30(46)32(49-23)50-31-29(45)25(27(43)22(14-41)48-31)39-12-20(35-37-39)16-6-3-8-18(33)10-16/h3-4,6-13,22-23,25-32,41,43-46H,2,5,14-15H2,1H3/t22-,23-,25+,26+,27+,28+,29-,30-,31+,32+/m1/s1. The topological polar surface area (TPSA) is 207 Å². The fraction of sp³-hybridized carbons (Fsp3) is 0.469. The van der Waals surface area contributed by atoms with Crippen LogP contribution in [-0.2, 0) is 19.0 Å². The van der Waals surface area contributed by atoms with Crippen molar-refractivity contribution in [2.45, 2.75) is 79.3 Å². The molecule has 2 fully saturated rings. The molecule has 0 aliphatic carbocycles. The summed E-state index contributed by atoms with van der Waals surface area (Å²) in [6, 6.07) is 8.81. The molecule has 2 aromatic carbocycles. The second-order valence-electron chi connectivity index (χ2n) is 12.0. The summed E-state index contributed by atoms with van der Waals surface area (Å²) >= 11 is 0.796. The Morgan fingerprint density at radius 3 is 1.80 bits per heavy atom. The van der Waals surface area contributed by atoms with Gasteiger partial charge in [0.2, 0.25) is 0 Å². The number of aromatic nitrogens is 6. The van der Waals surface area contributed by atoms with E-state index in [1.54, 1.807) is 19.1 Å². The van der Waals surface area contributed by atoms with Gasteiger partial charge in [-0.15, -0.1) is 10.2 Å². The predicted molar refractivity (Wildman–Crippen MR) is 171 cm³/mol. The third-order valence-corrected chi connectivity index (χ3v) is 9.84. The minimum atomic E-state index is -1.54. The van der Waals surface area contributed by atoms with Crippen LogP contribution in [0.1, 0.15) is 31.8 Å². The fourth-order valence-corrected chi connectivity index (χ4v) is 7.28. The molecule has 0 amide bonds. The summed E-state index contributed by atoms with van der Waals surface area (Å²) in [6.45, 7) is 0.760. The van der Waals surface area contributed by atoms with Crippen LogP contribution in [-0.4, -0.2) is 122 Å². The lowest BCUT2D eigenvalue weighted by Gasteiger charge is -2.46. The summed E-state index contributed by atoms with van der Waals surface area (Å²) in [5.74, 6) is -1.52. The van der Waals surface area contributed by atoms with Gasteiger partial charge < -0.3 is 39.7 Å². The molecule has 10 atom stereocenters. The fourth-order valence-electron chi connectivity index (χ4n) is 5.96. The molecule has 6 rings (SSSR count). The molecule has 0 saturated carbocycles. The first-order chi connectivity index (χ1) is 24.1. The summed E-state index contributed by atoms with van der Waals surface area (Å²) in [7, 11) is 0. The van der Waals surface area contributed by atoms with Crippen LogP contribution in [0.4, 0.5) is 8.78 Å². The Balaban J connectivity index is 1.27. The van der Waals surface area contributed by atoms with Gasteiger partial charge in [0.15, 0.2) is 0 Å². The number of hydrogen-bond donors (Lipinski definition) is 5. The molecule has 18 heteroatoms. The number of halogens is 2. The van der Waals surface area contributed by atoms with Crippen LogP contribution < -0.4 is 0 Å². The Kier molecular flexibility index (Phi) is 11.2. The van der Waals surface area contributed by atoms with Gasteiger partial charge in [0.05, 0.1) is 19.0 Å². The number of aliphatic hydroxyl groups is 5. The van der Waals surface area contributed by atoms with Crippen molar-refractivity contribution in [2.24, 2.45) is 0 Å². The lowest BCUT2D eigenvalue weighted by molar-refractivity contribution is -0.193. The van der Waals surface area contributed by atoms with E-state index in [1.165, 1.54) is 58.2 Å². The van der Waals surface area contributed by atoms with Crippen LogP contribution in [0.15, 0.2) is 60.9 Å². The van der Waals surface area contributed by atoms with Gasteiger partial charge in [0.1, 0.15) is 89.2 Å². The first kappa shape index (κ1) is 35.9. The minimum absolute atomic E-state index is 0.130. The number of carbonyl (C=O) groups is 1. The van der Waals surface area contributed by atoms with Crippen molar-refractivity contribution < 1.29 is 53.3 Å². The van der Waals surface area contributed by atoms with Crippen molar-refractivity contribution in [1.82, 2.24) is 30.0 Å². The molecule has 2 aromatic heterocycles. The van der Waals surface area contributed by atoms with Gasteiger partial charge in [-0.1, -0.05) is 53.4 Å². The van der Waals surface area contributed by atoms with Crippen molar-refractivity contribution in [2.75, 3.05) is 13.2 Å². The van der Waals surface area contributed by atoms with E-state index in [0.29, 0.717) is 17.5 Å². The van der Waals surface area contributed by atoms with E-state index in [4.69, 9.17) is 14.2 Å². The van der Waals surface area contributed by atoms with Crippen LogP contribution in [0.25, 0.3) is 22.5 Å². The second kappa shape index (κ2) is 15.6. The van der Waals surface area contributed by atoms with Gasteiger partial charge in [0.25, 0.3) is 0 Å². The van der Waals surface area contributed by atoms with Crippen LogP contribution >= 0.6 is 11.8 Å². The van der Waals surface area contributed by atoms with Crippen molar-refractivity contribution >= 4 is 17.7 Å². The Morgan fingerprint density at radius 2 is 1.32 bits per heavy atom. The number of aliphatic hydroxyl groups excluding tert-OH is 5. The van der Waals surface area contributed by atoms with E-state index in [9.17, 15) is 39.1 Å². The van der Waals surface area contributed by atoms with Crippen LogP contribution in [0.5, 0.6) is 0 Å². The maximum atomic E-state index is 13.9. The van der Waals surface area contributed by atoms with Gasteiger partial charge in [-0.2, -0.15) is 0 Å². The highest BCUT2D eigenvalue weighted by Crippen LogP contribution is 2.42. The van der Waals surface area contributed by atoms with E-state index >= 15 is 0 Å². The van der Waals surface area contributed by atoms with Crippen molar-refractivity contribution in [3.8, 4) is 22.5 Å². The number of esters is 1. The van der Waals surface area contributed by atoms with Crippen LogP contribution in [0.2, 0.25) is 0 Å². The van der Waals surface area contributed by atoms with Gasteiger partial charge in [-0.25, -0.2) is 18.1 Å². The smallest absolute Gasteiger partial charge is 0.305 e. The first-order valence-electron chi connectivity index (χ1n) is 15.9. The summed E-state index contributed by atoms with van der Waals surface area (Å²) < 4.78 is 47.4. The second-order valence-corrected chi connectivity index (χ2v) is 13.2. The van der Waals surface area contributed by atoms with Crippen molar-refractivity contribution in [1.29, 1.82) is 0 Å². The number of ether oxygens (including phenoxy) is 3. The Bertz CT molecular complexity index is 1770. The number of rotatable bonds is 11. The Morgan fingerprint density at radius 1 is 0.820 bits per heavy atom. The summed E-state index contributed by atoms with van der Waals surface area (Å²) in [6.07, 6.45) is -4.96. The zero-order valence-electron chi connectivity index (χ0n) is 26.6. The molecule has 4 heterocycles. The molecule has 15 nitrogen and oxygen atoms in total. The van der Waals surface area contributed by atoms with E-state index in [2.05, 4.69) is 20.6 Å². The van der Waals surface area contributed by atoms with Crippen molar-refractivity contribution in [3.63, 3.8) is 0 Å². The van der Waals surface area contributed by atoms with E-state index < -0.39 is 83.8 Å². The van der Waals surface area contributed by atoms with Crippen molar-refractivity contribution in [3.05, 3.63) is 72.6 Å².